The Morgan fingerprint density at radius 1 is 0.947 bits per heavy atom. The first-order valence-corrected chi connectivity index (χ1v) is 7.15. The highest BCUT2D eigenvalue weighted by Crippen LogP contribution is 2.22. The van der Waals surface area contributed by atoms with Crippen molar-refractivity contribution in [3.05, 3.63) is 0 Å². The van der Waals surface area contributed by atoms with Gasteiger partial charge in [-0.15, -0.1) is 0 Å². The number of hydrogen-bond acceptors (Lipinski definition) is 3. The van der Waals surface area contributed by atoms with Crippen LogP contribution in [0.15, 0.2) is 0 Å². The molecule has 0 bridgehead atoms. The number of nitrogens with zero attached hydrogens (tertiary/aromatic N) is 2. The standard InChI is InChI=1S/C14H30N4O/c1-13(2,8-15)10-17-6-5-7-18(12(17)19)11-14(3,4)9-16/h5-11,15-16H2,1-4H3. The van der Waals surface area contributed by atoms with Gasteiger partial charge in [-0.05, 0) is 30.3 Å². The van der Waals surface area contributed by atoms with Gasteiger partial charge in [-0.3, -0.25) is 0 Å². The molecular weight excluding hydrogens is 240 g/mol. The zero-order valence-corrected chi connectivity index (χ0v) is 12.9. The van der Waals surface area contributed by atoms with Crippen molar-refractivity contribution in [1.82, 2.24) is 9.80 Å². The molecule has 0 aromatic heterocycles. The molecule has 1 heterocycles. The lowest BCUT2D eigenvalue weighted by Gasteiger charge is -2.41. The molecule has 112 valence electrons. The third-order valence-electron chi connectivity index (χ3n) is 3.74. The van der Waals surface area contributed by atoms with E-state index in [4.69, 9.17) is 11.5 Å². The Labute approximate surface area is 117 Å². The number of hydrogen-bond donors (Lipinski definition) is 2. The number of amides is 2. The van der Waals surface area contributed by atoms with Gasteiger partial charge in [0, 0.05) is 26.2 Å². The Balaban J connectivity index is 2.66. The van der Waals surface area contributed by atoms with Crippen molar-refractivity contribution in [2.75, 3.05) is 39.3 Å². The molecule has 0 radical (unpaired) electrons. The third kappa shape index (κ3) is 4.66. The monoisotopic (exact) mass is 270 g/mol. The summed E-state index contributed by atoms with van der Waals surface area (Å²) in [4.78, 5) is 16.3. The van der Waals surface area contributed by atoms with E-state index < -0.39 is 0 Å². The Kier molecular flexibility index (Phi) is 5.21. The largest absolute Gasteiger partial charge is 0.330 e. The molecule has 1 fully saturated rings. The van der Waals surface area contributed by atoms with Gasteiger partial charge < -0.3 is 21.3 Å². The second-order valence-corrected chi connectivity index (χ2v) is 7.22. The molecule has 5 nitrogen and oxygen atoms in total. The molecule has 0 aromatic rings. The molecule has 5 heteroatoms. The summed E-state index contributed by atoms with van der Waals surface area (Å²) in [6.07, 6.45) is 1.02. The van der Waals surface area contributed by atoms with E-state index in [-0.39, 0.29) is 16.9 Å². The van der Waals surface area contributed by atoms with Gasteiger partial charge in [-0.2, -0.15) is 0 Å². The fraction of sp³-hybridized carbons (Fsp3) is 0.929. The molecule has 2 amide bonds. The van der Waals surface area contributed by atoms with Crippen LogP contribution >= 0.6 is 0 Å². The minimum absolute atomic E-state index is 0.0257. The highest BCUT2D eigenvalue weighted by atomic mass is 16.2. The fourth-order valence-electron chi connectivity index (χ4n) is 2.30. The maximum Gasteiger partial charge on any atom is 0.320 e. The van der Waals surface area contributed by atoms with Gasteiger partial charge in [0.1, 0.15) is 0 Å². The van der Waals surface area contributed by atoms with E-state index in [1.165, 1.54) is 0 Å². The number of carbonyl (C=O) groups excluding carboxylic acids is 1. The van der Waals surface area contributed by atoms with Crippen molar-refractivity contribution in [3.8, 4) is 0 Å². The number of urea groups is 1. The molecule has 0 aliphatic carbocycles. The molecule has 0 spiro atoms. The van der Waals surface area contributed by atoms with Crippen LogP contribution in [0.3, 0.4) is 0 Å². The Bertz CT molecular complexity index is 287. The summed E-state index contributed by atoms with van der Waals surface area (Å²) < 4.78 is 0. The SMILES string of the molecule is CC(C)(CN)CN1CCCN(CC(C)(C)CN)C1=O. The molecule has 1 aliphatic rings. The molecule has 0 saturated carbocycles. The van der Waals surface area contributed by atoms with Crippen LogP contribution in [-0.4, -0.2) is 55.1 Å². The second kappa shape index (κ2) is 6.09. The normalized spacial score (nSPS) is 18.1. The van der Waals surface area contributed by atoms with Crippen LogP contribution in [0.5, 0.6) is 0 Å². The van der Waals surface area contributed by atoms with Crippen molar-refractivity contribution >= 4 is 6.03 Å². The van der Waals surface area contributed by atoms with Crippen LogP contribution in [-0.2, 0) is 0 Å². The molecule has 1 saturated heterocycles. The highest BCUT2D eigenvalue weighted by molar-refractivity contribution is 5.75. The Morgan fingerprint density at radius 3 is 1.63 bits per heavy atom. The van der Waals surface area contributed by atoms with Gasteiger partial charge in [0.25, 0.3) is 0 Å². The first-order chi connectivity index (χ1) is 8.71. The maximum atomic E-state index is 12.5. The summed E-state index contributed by atoms with van der Waals surface area (Å²) in [5, 5.41) is 0. The maximum absolute atomic E-state index is 12.5. The minimum Gasteiger partial charge on any atom is -0.330 e. The molecule has 0 atom stereocenters. The number of carbonyl (C=O) groups is 1. The van der Waals surface area contributed by atoms with Crippen molar-refractivity contribution < 1.29 is 4.79 Å². The van der Waals surface area contributed by atoms with Gasteiger partial charge >= 0.3 is 6.03 Å². The molecule has 1 aliphatic heterocycles. The minimum atomic E-state index is -0.0257. The summed E-state index contributed by atoms with van der Waals surface area (Å²) in [5.41, 5.74) is 11.5. The van der Waals surface area contributed by atoms with Gasteiger partial charge in [-0.1, -0.05) is 27.7 Å². The lowest BCUT2D eigenvalue weighted by molar-refractivity contribution is 0.0927. The van der Waals surface area contributed by atoms with Crippen molar-refractivity contribution in [2.45, 2.75) is 34.1 Å². The van der Waals surface area contributed by atoms with E-state index in [1.807, 2.05) is 9.80 Å². The van der Waals surface area contributed by atoms with Gasteiger partial charge in [-0.25, -0.2) is 4.79 Å². The summed E-state index contributed by atoms with van der Waals surface area (Å²) in [5.74, 6) is 0. The van der Waals surface area contributed by atoms with Crippen molar-refractivity contribution in [3.63, 3.8) is 0 Å². The summed E-state index contributed by atoms with van der Waals surface area (Å²) >= 11 is 0. The molecule has 19 heavy (non-hydrogen) atoms. The average molecular weight is 270 g/mol. The van der Waals surface area contributed by atoms with Crippen LogP contribution < -0.4 is 11.5 Å². The van der Waals surface area contributed by atoms with E-state index in [0.717, 1.165) is 32.6 Å². The lowest BCUT2D eigenvalue weighted by atomic mass is 9.91. The summed E-state index contributed by atoms with van der Waals surface area (Å²) in [6.45, 7) is 12.7. The van der Waals surface area contributed by atoms with Gasteiger partial charge in [0.05, 0.1) is 0 Å². The summed E-state index contributed by atoms with van der Waals surface area (Å²) in [7, 11) is 0. The first kappa shape index (κ1) is 16.2. The topological polar surface area (TPSA) is 75.6 Å². The predicted molar refractivity (Wildman–Crippen MR) is 78.8 cm³/mol. The fourth-order valence-corrected chi connectivity index (χ4v) is 2.30. The van der Waals surface area contributed by atoms with Gasteiger partial charge in [0.15, 0.2) is 0 Å². The zero-order valence-electron chi connectivity index (χ0n) is 12.9. The lowest BCUT2D eigenvalue weighted by Crippen LogP contribution is -2.55. The predicted octanol–water partition coefficient (Wildman–Crippen LogP) is 1.08. The van der Waals surface area contributed by atoms with Crippen LogP contribution in [0, 0.1) is 10.8 Å². The van der Waals surface area contributed by atoms with E-state index in [9.17, 15) is 4.79 Å². The second-order valence-electron chi connectivity index (χ2n) is 7.22. The van der Waals surface area contributed by atoms with E-state index in [1.54, 1.807) is 0 Å². The van der Waals surface area contributed by atoms with Crippen LogP contribution in [0.4, 0.5) is 4.79 Å². The Hall–Kier alpha value is -0.810. The van der Waals surface area contributed by atoms with Crippen LogP contribution in [0.2, 0.25) is 0 Å². The molecule has 1 rings (SSSR count). The number of rotatable bonds is 6. The van der Waals surface area contributed by atoms with Gasteiger partial charge in [0.2, 0.25) is 0 Å². The molecule has 0 unspecified atom stereocenters. The van der Waals surface area contributed by atoms with E-state index >= 15 is 0 Å². The van der Waals surface area contributed by atoms with Crippen molar-refractivity contribution in [2.24, 2.45) is 22.3 Å². The Morgan fingerprint density at radius 2 is 1.32 bits per heavy atom. The van der Waals surface area contributed by atoms with E-state index in [0.29, 0.717) is 13.1 Å². The molecule has 4 N–H and O–H groups in total. The number of nitrogens with two attached hydrogens (primary N) is 2. The zero-order chi connectivity index (χ0) is 14.7. The first-order valence-electron chi connectivity index (χ1n) is 7.15. The van der Waals surface area contributed by atoms with Crippen LogP contribution in [0.25, 0.3) is 0 Å². The van der Waals surface area contributed by atoms with Crippen molar-refractivity contribution in [1.29, 1.82) is 0 Å². The van der Waals surface area contributed by atoms with E-state index in [2.05, 4.69) is 27.7 Å². The van der Waals surface area contributed by atoms with Crippen LogP contribution in [0.1, 0.15) is 34.1 Å². The molecule has 0 aromatic carbocycles. The average Bonchev–Trinajstić information content (AvgIpc) is 2.34. The summed E-state index contributed by atoms with van der Waals surface area (Å²) in [6, 6.07) is 0.134. The smallest absolute Gasteiger partial charge is 0.320 e. The quantitative estimate of drug-likeness (QED) is 0.758. The molecular formula is C14H30N4O. The highest BCUT2D eigenvalue weighted by Gasteiger charge is 2.32. The third-order valence-corrected chi connectivity index (χ3v) is 3.74.